The van der Waals surface area contributed by atoms with Gasteiger partial charge in [-0.2, -0.15) is 12.6 Å². The van der Waals surface area contributed by atoms with Crippen molar-refractivity contribution < 1.29 is 0 Å². The first kappa shape index (κ1) is 23.8. The summed E-state index contributed by atoms with van der Waals surface area (Å²) in [5, 5.41) is 3.98. The summed E-state index contributed by atoms with van der Waals surface area (Å²) >= 11 is 4.77. The average Bonchev–Trinajstić information content (AvgIpc) is 3.20. The molecule has 32 heavy (non-hydrogen) atoms. The second kappa shape index (κ2) is 11.1. The van der Waals surface area contributed by atoms with Gasteiger partial charge in [-0.15, -0.1) is 0 Å². The monoisotopic (exact) mass is 447 g/mol. The molecule has 2 aromatic rings. The molecule has 1 saturated carbocycles. The van der Waals surface area contributed by atoms with Gasteiger partial charge in [0.1, 0.15) is 5.82 Å². The molecule has 3 rings (SSSR count). The van der Waals surface area contributed by atoms with E-state index in [1.165, 1.54) is 6.42 Å². The summed E-state index contributed by atoms with van der Waals surface area (Å²) in [5.74, 6) is 1.51. The zero-order chi connectivity index (χ0) is 23.1. The highest BCUT2D eigenvalue weighted by molar-refractivity contribution is 7.81. The van der Waals surface area contributed by atoms with Crippen LogP contribution in [0.1, 0.15) is 37.3 Å². The van der Waals surface area contributed by atoms with Gasteiger partial charge in [0.2, 0.25) is 0 Å². The van der Waals surface area contributed by atoms with Crippen molar-refractivity contribution in [1.29, 1.82) is 0 Å². The minimum Gasteiger partial charge on any atom is -0.383 e. The number of hydrogen-bond donors (Lipinski definition) is 2. The van der Waals surface area contributed by atoms with E-state index in [0.717, 1.165) is 46.5 Å². The second-order valence-corrected chi connectivity index (χ2v) is 8.83. The van der Waals surface area contributed by atoms with Crippen LogP contribution < -0.4 is 5.32 Å². The summed E-state index contributed by atoms with van der Waals surface area (Å²) in [5.41, 5.74) is 5.03. The van der Waals surface area contributed by atoms with Gasteiger partial charge in [-0.3, -0.25) is 4.99 Å². The van der Waals surface area contributed by atoms with Crippen LogP contribution in [0.4, 0.5) is 5.82 Å². The van der Waals surface area contributed by atoms with E-state index < -0.39 is 0 Å². The predicted molar refractivity (Wildman–Crippen MR) is 141 cm³/mol. The molecule has 168 valence electrons. The number of nitrogens with zero attached hydrogens (tertiary/aromatic N) is 4. The minimum absolute atomic E-state index is 0.290. The van der Waals surface area contributed by atoms with Gasteiger partial charge in [0.25, 0.3) is 0 Å². The lowest BCUT2D eigenvalue weighted by atomic mass is 10.0. The van der Waals surface area contributed by atoms with Crippen LogP contribution in [0.2, 0.25) is 0 Å². The first-order valence-electron chi connectivity index (χ1n) is 11.0. The van der Waals surface area contributed by atoms with Gasteiger partial charge in [0.05, 0.1) is 0 Å². The van der Waals surface area contributed by atoms with E-state index in [1.807, 2.05) is 62.6 Å². The second-order valence-electron chi connectivity index (χ2n) is 8.17. The number of benzene rings is 1. The van der Waals surface area contributed by atoms with Gasteiger partial charge < -0.3 is 10.2 Å². The van der Waals surface area contributed by atoms with Crippen LogP contribution in [0.15, 0.2) is 60.4 Å². The minimum atomic E-state index is 0.290. The molecule has 6 heteroatoms. The SMILES string of the molecule is C=C/C(=C\N(C)C)c1cccc(-c2ncc(C(/C=N\C)=C/C)c(NC3CCCC3S)n2)c1. The third-order valence-electron chi connectivity index (χ3n) is 5.55. The Morgan fingerprint density at radius 3 is 2.72 bits per heavy atom. The number of nitrogens with one attached hydrogen (secondary N) is 1. The Morgan fingerprint density at radius 1 is 1.28 bits per heavy atom. The Kier molecular flexibility index (Phi) is 8.28. The fourth-order valence-electron chi connectivity index (χ4n) is 3.93. The van der Waals surface area contributed by atoms with E-state index in [1.54, 1.807) is 7.05 Å². The van der Waals surface area contributed by atoms with E-state index in [0.29, 0.717) is 17.1 Å². The highest BCUT2D eigenvalue weighted by Crippen LogP contribution is 2.31. The lowest BCUT2D eigenvalue weighted by Gasteiger charge is -2.20. The number of allylic oxidation sites excluding steroid dienone is 4. The van der Waals surface area contributed by atoms with Crippen LogP contribution in [0.5, 0.6) is 0 Å². The maximum Gasteiger partial charge on any atom is 0.161 e. The number of aromatic nitrogens is 2. The van der Waals surface area contributed by atoms with E-state index in [4.69, 9.17) is 22.6 Å². The van der Waals surface area contributed by atoms with Crippen molar-refractivity contribution in [3.8, 4) is 11.4 Å². The van der Waals surface area contributed by atoms with Crippen molar-refractivity contribution in [2.75, 3.05) is 26.5 Å². The van der Waals surface area contributed by atoms with Crippen LogP contribution in [-0.4, -0.2) is 53.5 Å². The Morgan fingerprint density at radius 2 is 2.09 bits per heavy atom. The van der Waals surface area contributed by atoms with Gasteiger partial charge in [0.15, 0.2) is 5.82 Å². The zero-order valence-electron chi connectivity index (χ0n) is 19.4. The molecule has 1 aliphatic carbocycles. The van der Waals surface area contributed by atoms with Crippen LogP contribution in [-0.2, 0) is 0 Å². The molecule has 2 atom stereocenters. The van der Waals surface area contributed by atoms with Crippen molar-refractivity contribution in [2.45, 2.75) is 37.5 Å². The van der Waals surface area contributed by atoms with E-state index in [2.05, 4.69) is 35.2 Å². The Labute approximate surface area is 197 Å². The molecule has 1 aromatic heterocycles. The maximum atomic E-state index is 4.96. The maximum absolute atomic E-state index is 4.96. The molecule has 1 aromatic carbocycles. The number of aliphatic imine (C=N–C) groups is 1. The van der Waals surface area contributed by atoms with Gasteiger partial charge in [-0.1, -0.05) is 43.4 Å². The van der Waals surface area contributed by atoms with Crippen molar-refractivity contribution in [1.82, 2.24) is 14.9 Å². The van der Waals surface area contributed by atoms with Crippen LogP contribution >= 0.6 is 12.6 Å². The van der Waals surface area contributed by atoms with Crippen molar-refractivity contribution in [2.24, 2.45) is 4.99 Å². The summed E-state index contributed by atoms with van der Waals surface area (Å²) in [6.45, 7) is 5.97. The molecule has 1 N–H and O–H groups in total. The smallest absolute Gasteiger partial charge is 0.161 e. The quantitative estimate of drug-likeness (QED) is 0.314. The van der Waals surface area contributed by atoms with Gasteiger partial charge >= 0.3 is 0 Å². The number of rotatable bonds is 8. The fourth-order valence-corrected chi connectivity index (χ4v) is 4.33. The van der Waals surface area contributed by atoms with Crippen LogP contribution in [0.25, 0.3) is 22.5 Å². The Hall–Kier alpha value is -2.86. The molecule has 0 bridgehead atoms. The molecule has 1 aliphatic rings. The average molecular weight is 448 g/mol. The van der Waals surface area contributed by atoms with Gasteiger partial charge in [-0.25, -0.2) is 9.97 Å². The summed E-state index contributed by atoms with van der Waals surface area (Å²) < 4.78 is 0. The normalized spacial score (nSPS) is 19.4. The van der Waals surface area contributed by atoms with Crippen molar-refractivity contribution in [3.63, 3.8) is 0 Å². The summed E-state index contributed by atoms with van der Waals surface area (Å²) in [6.07, 6.45) is 13.1. The van der Waals surface area contributed by atoms with Gasteiger partial charge in [0, 0.05) is 67.7 Å². The largest absolute Gasteiger partial charge is 0.383 e. The molecule has 0 amide bonds. The Bertz CT molecular complexity index is 1040. The van der Waals surface area contributed by atoms with Crippen LogP contribution in [0.3, 0.4) is 0 Å². The van der Waals surface area contributed by atoms with Crippen molar-refractivity contribution in [3.05, 3.63) is 66.5 Å². The standard InChI is InChI=1S/C26H33N5S/c1-6-18(15-27-3)22-16-28-25(30-26(22)29-23-12-9-13-24(23)32)21-11-8-10-20(14-21)19(7-2)17-31(4)5/h6-8,10-11,14-17,23-24,32H,2,9,12-13H2,1,3-5H3,(H,28,29,30)/b18-6+,19-17+,27-15-. The van der Waals surface area contributed by atoms with E-state index in [9.17, 15) is 0 Å². The van der Waals surface area contributed by atoms with Crippen molar-refractivity contribution >= 4 is 35.8 Å². The van der Waals surface area contributed by atoms with Gasteiger partial charge in [-0.05, 0) is 37.0 Å². The topological polar surface area (TPSA) is 53.4 Å². The molecular weight excluding hydrogens is 414 g/mol. The summed E-state index contributed by atoms with van der Waals surface area (Å²) in [7, 11) is 5.78. The lowest BCUT2D eigenvalue weighted by molar-refractivity contribution is 0.566. The highest BCUT2D eigenvalue weighted by atomic mass is 32.1. The third-order valence-corrected chi connectivity index (χ3v) is 6.17. The number of thiol groups is 1. The molecule has 1 heterocycles. The lowest BCUT2D eigenvalue weighted by Crippen LogP contribution is -2.25. The number of hydrogen-bond acceptors (Lipinski definition) is 6. The summed E-state index contributed by atoms with van der Waals surface area (Å²) in [4.78, 5) is 15.9. The predicted octanol–water partition coefficient (Wildman–Crippen LogP) is 5.60. The highest BCUT2D eigenvalue weighted by Gasteiger charge is 2.25. The zero-order valence-corrected chi connectivity index (χ0v) is 20.3. The molecule has 0 saturated heterocycles. The first-order chi connectivity index (χ1) is 15.5. The summed E-state index contributed by atoms with van der Waals surface area (Å²) in [6, 6.07) is 8.55. The molecule has 0 radical (unpaired) electrons. The van der Waals surface area contributed by atoms with E-state index in [-0.39, 0.29) is 0 Å². The third kappa shape index (κ3) is 5.68. The molecular formula is C26H33N5S. The van der Waals surface area contributed by atoms with Crippen LogP contribution in [0, 0.1) is 0 Å². The fraction of sp³-hybridized carbons (Fsp3) is 0.346. The molecule has 2 unspecified atom stereocenters. The number of anilines is 1. The molecule has 5 nitrogen and oxygen atoms in total. The molecule has 1 fully saturated rings. The molecule has 0 spiro atoms. The Balaban J connectivity index is 2.05. The first-order valence-corrected chi connectivity index (χ1v) is 11.5. The molecule has 0 aliphatic heterocycles. The van der Waals surface area contributed by atoms with E-state index >= 15 is 0 Å².